The molecule has 5 nitrogen and oxygen atoms in total. The Hall–Kier alpha value is -1.40. The zero-order valence-corrected chi connectivity index (χ0v) is 11.0. The minimum absolute atomic E-state index is 0.000385. The normalized spacial score (nSPS) is 19.7. The smallest absolute Gasteiger partial charge is 0.228 e. The van der Waals surface area contributed by atoms with Crippen molar-refractivity contribution in [1.29, 1.82) is 0 Å². The van der Waals surface area contributed by atoms with Crippen LogP contribution in [0.25, 0.3) is 0 Å². The Bertz CT molecular complexity index is 531. The maximum absolute atomic E-state index is 11.8. The van der Waals surface area contributed by atoms with Crippen LogP contribution >= 0.6 is 0 Å². The summed E-state index contributed by atoms with van der Waals surface area (Å²) >= 11 is 0. The van der Waals surface area contributed by atoms with Gasteiger partial charge in [0, 0.05) is 18.5 Å². The molecule has 0 aromatic heterocycles. The standard InChI is InChI=1S/C12H16N2O3S/c1-18(16,17)11-4-2-10(3-5-11)14-12(15)9-6-7-13-8-9/h2-5,9,13H,6-8H2,1H3,(H,14,15). The Kier molecular flexibility index (Phi) is 3.68. The molecule has 1 aliphatic heterocycles. The molecule has 18 heavy (non-hydrogen) atoms. The molecule has 1 aromatic rings. The number of sulfone groups is 1. The number of hydrogen-bond donors (Lipinski definition) is 2. The summed E-state index contributed by atoms with van der Waals surface area (Å²) in [5, 5.41) is 5.92. The van der Waals surface area contributed by atoms with Crippen LogP contribution in [-0.2, 0) is 14.6 Å². The van der Waals surface area contributed by atoms with Crippen LogP contribution in [0, 0.1) is 5.92 Å². The fraction of sp³-hybridized carbons (Fsp3) is 0.417. The molecule has 6 heteroatoms. The number of rotatable bonds is 3. The zero-order chi connectivity index (χ0) is 13.2. The highest BCUT2D eigenvalue weighted by Gasteiger charge is 2.22. The minimum Gasteiger partial charge on any atom is -0.326 e. The maximum Gasteiger partial charge on any atom is 0.228 e. The van der Waals surface area contributed by atoms with Crippen molar-refractivity contribution in [3.63, 3.8) is 0 Å². The molecule has 0 aliphatic carbocycles. The van der Waals surface area contributed by atoms with Crippen molar-refractivity contribution in [1.82, 2.24) is 5.32 Å². The number of anilines is 1. The van der Waals surface area contributed by atoms with Crippen LogP contribution in [0.5, 0.6) is 0 Å². The van der Waals surface area contributed by atoms with Gasteiger partial charge in [0.2, 0.25) is 5.91 Å². The van der Waals surface area contributed by atoms with Crippen LogP contribution in [-0.4, -0.2) is 33.7 Å². The third kappa shape index (κ3) is 3.08. The SMILES string of the molecule is CS(=O)(=O)c1ccc(NC(=O)C2CCNC2)cc1. The van der Waals surface area contributed by atoms with Gasteiger partial charge in [0.25, 0.3) is 0 Å². The van der Waals surface area contributed by atoms with Crippen LogP contribution in [0.3, 0.4) is 0 Å². The van der Waals surface area contributed by atoms with Gasteiger partial charge < -0.3 is 10.6 Å². The van der Waals surface area contributed by atoms with Crippen LogP contribution in [0.2, 0.25) is 0 Å². The van der Waals surface area contributed by atoms with Gasteiger partial charge in [-0.05, 0) is 37.2 Å². The van der Waals surface area contributed by atoms with E-state index in [0.29, 0.717) is 12.2 Å². The van der Waals surface area contributed by atoms with E-state index in [-0.39, 0.29) is 16.7 Å². The fourth-order valence-electron chi connectivity index (χ4n) is 1.91. The predicted octanol–water partition coefficient (Wildman–Crippen LogP) is 0.638. The molecule has 1 unspecified atom stereocenters. The first kappa shape index (κ1) is 13.0. The summed E-state index contributed by atoms with van der Waals surface area (Å²) in [6, 6.07) is 6.21. The van der Waals surface area contributed by atoms with E-state index in [4.69, 9.17) is 0 Å². The van der Waals surface area contributed by atoms with Crippen molar-refractivity contribution in [2.75, 3.05) is 24.7 Å². The number of benzene rings is 1. The van der Waals surface area contributed by atoms with Gasteiger partial charge in [0.05, 0.1) is 10.8 Å². The number of hydrogen-bond acceptors (Lipinski definition) is 4. The van der Waals surface area contributed by atoms with Crippen LogP contribution in [0.4, 0.5) is 5.69 Å². The number of carbonyl (C=O) groups excluding carboxylic acids is 1. The minimum atomic E-state index is -3.19. The average Bonchev–Trinajstić information content (AvgIpc) is 2.82. The second kappa shape index (κ2) is 5.07. The van der Waals surface area contributed by atoms with Crippen molar-refractivity contribution in [3.05, 3.63) is 24.3 Å². The molecular weight excluding hydrogens is 252 g/mol. The fourth-order valence-corrected chi connectivity index (χ4v) is 2.54. The first-order chi connectivity index (χ1) is 8.47. The molecule has 1 amide bonds. The van der Waals surface area contributed by atoms with Crippen molar-refractivity contribution in [2.45, 2.75) is 11.3 Å². The topological polar surface area (TPSA) is 75.3 Å². The van der Waals surface area contributed by atoms with E-state index in [9.17, 15) is 13.2 Å². The van der Waals surface area contributed by atoms with E-state index >= 15 is 0 Å². The zero-order valence-electron chi connectivity index (χ0n) is 10.1. The van der Waals surface area contributed by atoms with Crippen molar-refractivity contribution in [2.24, 2.45) is 5.92 Å². The summed E-state index contributed by atoms with van der Waals surface area (Å²) in [4.78, 5) is 12.1. The highest BCUT2D eigenvalue weighted by Crippen LogP contribution is 2.16. The lowest BCUT2D eigenvalue weighted by molar-refractivity contribution is -0.119. The molecule has 1 heterocycles. The van der Waals surface area contributed by atoms with Gasteiger partial charge in [-0.25, -0.2) is 8.42 Å². The van der Waals surface area contributed by atoms with Gasteiger partial charge in [-0.15, -0.1) is 0 Å². The first-order valence-electron chi connectivity index (χ1n) is 5.78. The van der Waals surface area contributed by atoms with Crippen LogP contribution in [0.15, 0.2) is 29.2 Å². The molecule has 0 spiro atoms. The quantitative estimate of drug-likeness (QED) is 0.843. The summed E-state index contributed by atoms with van der Waals surface area (Å²) < 4.78 is 22.6. The summed E-state index contributed by atoms with van der Waals surface area (Å²) in [5.74, 6) is -0.0216. The number of amides is 1. The Morgan fingerprint density at radius 3 is 2.50 bits per heavy atom. The highest BCUT2D eigenvalue weighted by molar-refractivity contribution is 7.90. The molecule has 0 radical (unpaired) electrons. The van der Waals surface area contributed by atoms with E-state index in [1.165, 1.54) is 12.1 Å². The van der Waals surface area contributed by atoms with Crippen LogP contribution in [0.1, 0.15) is 6.42 Å². The highest BCUT2D eigenvalue weighted by atomic mass is 32.2. The third-order valence-electron chi connectivity index (χ3n) is 2.98. The summed E-state index contributed by atoms with van der Waals surface area (Å²) in [7, 11) is -3.19. The maximum atomic E-state index is 11.8. The monoisotopic (exact) mass is 268 g/mol. The molecule has 98 valence electrons. The Balaban J connectivity index is 2.04. The van der Waals surface area contributed by atoms with Crippen molar-refractivity contribution < 1.29 is 13.2 Å². The molecule has 2 N–H and O–H groups in total. The molecule has 1 aromatic carbocycles. The van der Waals surface area contributed by atoms with Gasteiger partial charge in [0.1, 0.15) is 0 Å². The molecule has 2 rings (SSSR count). The molecule has 0 saturated carbocycles. The molecular formula is C12H16N2O3S. The lowest BCUT2D eigenvalue weighted by atomic mass is 10.1. The molecule has 1 fully saturated rings. The molecule has 1 atom stereocenters. The van der Waals surface area contributed by atoms with E-state index < -0.39 is 9.84 Å². The molecule has 1 saturated heterocycles. The molecule has 0 bridgehead atoms. The van der Waals surface area contributed by atoms with Crippen LogP contribution < -0.4 is 10.6 Å². The van der Waals surface area contributed by atoms with Gasteiger partial charge in [-0.3, -0.25) is 4.79 Å². The second-order valence-corrected chi connectivity index (χ2v) is 6.49. The summed E-state index contributed by atoms with van der Waals surface area (Å²) in [6.07, 6.45) is 2.00. The largest absolute Gasteiger partial charge is 0.326 e. The lowest BCUT2D eigenvalue weighted by Crippen LogP contribution is -2.24. The summed E-state index contributed by atoms with van der Waals surface area (Å²) in [5.41, 5.74) is 0.624. The van der Waals surface area contributed by atoms with E-state index in [0.717, 1.165) is 19.2 Å². The van der Waals surface area contributed by atoms with E-state index in [1.54, 1.807) is 12.1 Å². The Morgan fingerprint density at radius 2 is 2.00 bits per heavy atom. The van der Waals surface area contributed by atoms with Gasteiger partial charge in [-0.2, -0.15) is 0 Å². The van der Waals surface area contributed by atoms with E-state index in [1.807, 2.05) is 0 Å². The molecule has 1 aliphatic rings. The average molecular weight is 268 g/mol. The van der Waals surface area contributed by atoms with Gasteiger partial charge in [-0.1, -0.05) is 0 Å². The summed E-state index contributed by atoms with van der Waals surface area (Å²) in [6.45, 7) is 1.57. The lowest BCUT2D eigenvalue weighted by Gasteiger charge is -2.10. The van der Waals surface area contributed by atoms with Crippen molar-refractivity contribution >= 4 is 21.4 Å². The van der Waals surface area contributed by atoms with E-state index in [2.05, 4.69) is 10.6 Å². The number of carbonyl (C=O) groups is 1. The van der Waals surface area contributed by atoms with Gasteiger partial charge in [0.15, 0.2) is 9.84 Å². The van der Waals surface area contributed by atoms with Gasteiger partial charge >= 0.3 is 0 Å². The Morgan fingerprint density at radius 1 is 1.33 bits per heavy atom. The first-order valence-corrected chi connectivity index (χ1v) is 7.67. The second-order valence-electron chi connectivity index (χ2n) is 4.48. The Labute approximate surface area is 107 Å². The number of nitrogens with one attached hydrogen (secondary N) is 2. The predicted molar refractivity (Wildman–Crippen MR) is 69.2 cm³/mol. The van der Waals surface area contributed by atoms with Crippen molar-refractivity contribution in [3.8, 4) is 0 Å². The third-order valence-corrected chi connectivity index (χ3v) is 4.11.